The summed E-state index contributed by atoms with van der Waals surface area (Å²) in [6.07, 6.45) is 0. The van der Waals surface area contributed by atoms with E-state index in [1.54, 1.807) is 0 Å². The second-order valence-electron chi connectivity index (χ2n) is 14.6. The Labute approximate surface area is 313 Å². The van der Waals surface area contributed by atoms with Gasteiger partial charge in [0, 0.05) is 28.4 Å². The number of hydrogen-bond donors (Lipinski definition) is 0. The monoisotopic (exact) mass is 679 g/mol. The molecule has 1 aliphatic rings. The number of hydrogen-bond acceptors (Lipinski definition) is 1. The Hall–Kier alpha value is -6.44. The van der Waals surface area contributed by atoms with Crippen LogP contribution < -0.4 is 4.90 Å². The van der Waals surface area contributed by atoms with E-state index in [2.05, 4.69) is 225 Å². The number of nitrogens with zero attached hydrogens (tertiary/aromatic N) is 1. The first-order chi connectivity index (χ1) is 26.0. The lowest BCUT2D eigenvalue weighted by Crippen LogP contribution is -2.17. The van der Waals surface area contributed by atoms with E-state index in [1.165, 1.54) is 61.2 Å². The molecule has 0 amide bonds. The van der Waals surface area contributed by atoms with Gasteiger partial charge in [0.2, 0.25) is 0 Å². The smallest absolute Gasteiger partial charge is 0.0465 e. The van der Waals surface area contributed by atoms with Crippen LogP contribution in [0.5, 0.6) is 0 Å². The highest BCUT2D eigenvalue weighted by atomic mass is 15.1. The summed E-state index contributed by atoms with van der Waals surface area (Å²) >= 11 is 0. The molecule has 8 aromatic carbocycles. The molecular formula is C52H41N. The molecule has 0 bridgehead atoms. The van der Waals surface area contributed by atoms with Crippen molar-refractivity contribution >= 4 is 17.1 Å². The first-order valence-electron chi connectivity index (χ1n) is 18.5. The van der Waals surface area contributed by atoms with Crippen LogP contribution in [0.15, 0.2) is 206 Å². The van der Waals surface area contributed by atoms with Gasteiger partial charge < -0.3 is 4.90 Å². The largest absolute Gasteiger partial charge is 0.310 e. The Balaban J connectivity index is 1.13. The second kappa shape index (κ2) is 13.6. The normalized spacial score (nSPS) is 12.7. The van der Waals surface area contributed by atoms with Crippen molar-refractivity contribution in [3.63, 3.8) is 0 Å². The molecule has 254 valence electrons. The average molecular weight is 680 g/mol. The van der Waals surface area contributed by atoms with Crippen molar-refractivity contribution in [2.24, 2.45) is 0 Å². The maximum absolute atomic E-state index is 2.49. The molecule has 1 aliphatic carbocycles. The Morgan fingerprint density at radius 3 is 1.19 bits per heavy atom. The average Bonchev–Trinajstić information content (AvgIpc) is 3.45. The van der Waals surface area contributed by atoms with Crippen LogP contribution in [-0.4, -0.2) is 0 Å². The molecule has 0 heterocycles. The molecule has 9 rings (SSSR count). The third-order valence-corrected chi connectivity index (χ3v) is 11.0. The summed E-state index contributed by atoms with van der Waals surface area (Å²) in [6.45, 7) is 4.78. The summed E-state index contributed by atoms with van der Waals surface area (Å²) in [5.41, 5.74) is 17.4. The zero-order valence-corrected chi connectivity index (χ0v) is 30.2. The van der Waals surface area contributed by atoms with Crippen molar-refractivity contribution in [2.75, 3.05) is 4.90 Å². The van der Waals surface area contributed by atoms with Gasteiger partial charge in [-0.15, -0.1) is 0 Å². The fourth-order valence-corrected chi connectivity index (χ4v) is 8.24. The van der Waals surface area contributed by atoms with E-state index in [0.29, 0.717) is 0 Å². The molecule has 0 unspecified atom stereocenters. The van der Waals surface area contributed by atoms with Gasteiger partial charge in [0.1, 0.15) is 0 Å². The van der Waals surface area contributed by atoms with E-state index >= 15 is 0 Å². The van der Waals surface area contributed by atoms with E-state index in [9.17, 15) is 0 Å². The predicted molar refractivity (Wildman–Crippen MR) is 223 cm³/mol. The van der Waals surface area contributed by atoms with Gasteiger partial charge in [0.05, 0.1) is 0 Å². The summed E-state index contributed by atoms with van der Waals surface area (Å²) in [4.78, 5) is 2.36. The molecule has 0 N–H and O–H groups in total. The maximum atomic E-state index is 2.49. The summed E-state index contributed by atoms with van der Waals surface area (Å²) in [6, 6.07) is 75.3. The van der Waals surface area contributed by atoms with Crippen LogP contribution in [-0.2, 0) is 5.41 Å². The third-order valence-electron chi connectivity index (χ3n) is 11.0. The van der Waals surface area contributed by atoms with Gasteiger partial charge in [0.25, 0.3) is 0 Å². The molecule has 1 nitrogen and oxygen atoms in total. The van der Waals surface area contributed by atoms with Crippen LogP contribution >= 0.6 is 0 Å². The van der Waals surface area contributed by atoms with Gasteiger partial charge in [-0.25, -0.2) is 0 Å². The molecule has 0 aliphatic heterocycles. The van der Waals surface area contributed by atoms with Crippen molar-refractivity contribution in [1.29, 1.82) is 0 Å². The van der Waals surface area contributed by atoms with E-state index < -0.39 is 0 Å². The molecule has 0 spiro atoms. The Morgan fingerprint density at radius 1 is 0.340 bits per heavy atom. The predicted octanol–water partition coefficient (Wildman–Crippen LogP) is 14.0. The minimum Gasteiger partial charge on any atom is -0.310 e. The summed E-state index contributed by atoms with van der Waals surface area (Å²) in [5.74, 6) is 0.0803. The molecule has 8 aromatic rings. The Bertz CT molecular complexity index is 2360. The second-order valence-corrected chi connectivity index (χ2v) is 14.6. The first-order valence-corrected chi connectivity index (χ1v) is 18.5. The molecule has 0 aromatic heterocycles. The van der Waals surface area contributed by atoms with Crippen molar-refractivity contribution in [3.05, 3.63) is 234 Å². The van der Waals surface area contributed by atoms with Crippen LogP contribution in [0.25, 0.3) is 33.4 Å². The molecule has 0 atom stereocenters. The lowest BCUT2D eigenvalue weighted by molar-refractivity contribution is 0.659. The van der Waals surface area contributed by atoms with Crippen LogP contribution in [0.4, 0.5) is 17.1 Å². The number of fused-ring (bicyclic) bond motifs is 3. The standard InChI is InChI=1S/C52H41N/c1-52(2)49-35-43(31-33-47(49)48-34-32-46(36-50(48)52)53(44-19-11-5-12-20-44)45-21-13-6-14-22-45)51(41-27-23-39(24-28-41)37-15-7-3-8-16-37)42-29-25-40(26-30-42)38-17-9-4-10-18-38/h3-36,51H,1-2H3. The molecular weight excluding hydrogens is 639 g/mol. The van der Waals surface area contributed by atoms with Gasteiger partial charge in [-0.05, 0) is 97.6 Å². The minimum absolute atomic E-state index is 0.0803. The van der Waals surface area contributed by atoms with Gasteiger partial charge >= 0.3 is 0 Å². The van der Waals surface area contributed by atoms with Gasteiger partial charge in [-0.3, -0.25) is 0 Å². The van der Waals surface area contributed by atoms with E-state index in [1.807, 2.05) is 0 Å². The molecule has 1 heteroatoms. The molecule has 0 radical (unpaired) electrons. The Kier molecular flexibility index (Phi) is 8.33. The summed E-state index contributed by atoms with van der Waals surface area (Å²) in [7, 11) is 0. The number of anilines is 3. The fourth-order valence-electron chi connectivity index (χ4n) is 8.24. The van der Waals surface area contributed by atoms with Crippen molar-refractivity contribution in [1.82, 2.24) is 0 Å². The molecule has 0 saturated carbocycles. The van der Waals surface area contributed by atoms with E-state index in [-0.39, 0.29) is 11.3 Å². The lowest BCUT2D eigenvalue weighted by Gasteiger charge is -2.28. The highest BCUT2D eigenvalue weighted by molar-refractivity contribution is 5.86. The maximum Gasteiger partial charge on any atom is 0.0465 e. The third kappa shape index (κ3) is 6.05. The molecule has 0 saturated heterocycles. The number of para-hydroxylation sites is 2. The summed E-state index contributed by atoms with van der Waals surface area (Å²) < 4.78 is 0. The molecule has 0 fully saturated rings. The van der Waals surface area contributed by atoms with Crippen LogP contribution in [0, 0.1) is 0 Å². The topological polar surface area (TPSA) is 3.24 Å². The summed E-state index contributed by atoms with van der Waals surface area (Å²) in [5, 5.41) is 0. The van der Waals surface area contributed by atoms with Gasteiger partial charge in [0.15, 0.2) is 0 Å². The van der Waals surface area contributed by atoms with E-state index in [4.69, 9.17) is 0 Å². The Morgan fingerprint density at radius 2 is 0.717 bits per heavy atom. The SMILES string of the molecule is CC1(C)c2cc(C(c3ccc(-c4ccccc4)cc3)c3ccc(-c4ccccc4)cc3)ccc2-c2ccc(N(c3ccccc3)c3ccccc3)cc21. The minimum atomic E-state index is -0.186. The molecule has 53 heavy (non-hydrogen) atoms. The van der Waals surface area contributed by atoms with Crippen molar-refractivity contribution < 1.29 is 0 Å². The van der Waals surface area contributed by atoms with Gasteiger partial charge in [-0.1, -0.05) is 184 Å². The van der Waals surface area contributed by atoms with E-state index in [0.717, 1.165) is 17.1 Å². The van der Waals surface area contributed by atoms with Crippen LogP contribution in [0.2, 0.25) is 0 Å². The van der Waals surface area contributed by atoms with Crippen molar-refractivity contribution in [3.8, 4) is 33.4 Å². The highest BCUT2D eigenvalue weighted by Gasteiger charge is 2.37. The van der Waals surface area contributed by atoms with Crippen LogP contribution in [0.3, 0.4) is 0 Å². The van der Waals surface area contributed by atoms with Gasteiger partial charge in [-0.2, -0.15) is 0 Å². The quantitative estimate of drug-likeness (QED) is 0.145. The van der Waals surface area contributed by atoms with Crippen molar-refractivity contribution in [2.45, 2.75) is 25.2 Å². The lowest BCUT2D eigenvalue weighted by atomic mass is 9.78. The fraction of sp³-hybridized carbons (Fsp3) is 0.0769. The highest BCUT2D eigenvalue weighted by Crippen LogP contribution is 2.52. The van der Waals surface area contributed by atoms with Crippen LogP contribution in [0.1, 0.15) is 47.6 Å². The number of benzene rings is 8. The zero-order chi connectivity index (χ0) is 35.8. The zero-order valence-electron chi connectivity index (χ0n) is 30.2. The first kappa shape index (κ1) is 32.5. The number of rotatable bonds is 8.